The van der Waals surface area contributed by atoms with E-state index in [-0.39, 0.29) is 0 Å². The molecule has 0 radical (unpaired) electrons. The third-order valence-electron chi connectivity index (χ3n) is 2.73. The zero-order valence-corrected chi connectivity index (χ0v) is 8.39. The fourth-order valence-corrected chi connectivity index (χ4v) is 1.90. The molecule has 4 heteroatoms. The van der Waals surface area contributed by atoms with Gasteiger partial charge in [-0.2, -0.15) is 0 Å². The Bertz CT molecular complexity index is 236. The number of nitrogens with one attached hydrogen (secondary N) is 1. The lowest BCUT2D eigenvalue weighted by atomic mass is 10.3. The Morgan fingerprint density at radius 2 is 2.07 bits per heavy atom. The van der Waals surface area contributed by atoms with Crippen LogP contribution in [-0.2, 0) is 0 Å². The van der Waals surface area contributed by atoms with E-state index in [9.17, 15) is 0 Å². The normalized spacial score (nSPS) is 29.9. The van der Waals surface area contributed by atoms with Crippen LogP contribution < -0.4 is 11.2 Å². The highest BCUT2D eigenvalue weighted by atomic mass is 15.4. The van der Waals surface area contributed by atoms with Crippen molar-refractivity contribution in [1.29, 1.82) is 0 Å². The Morgan fingerprint density at radius 1 is 1.14 bits per heavy atom. The molecule has 1 saturated heterocycles. The molecule has 3 N–H and O–H groups in total. The van der Waals surface area contributed by atoms with Crippen LogP contribution >= 0.6 is 0 Å². The number of hydrazine groups is 1. The summed E-state index contributed by atoms with van der Waals surface area (Å²) in [4.78, 5) is 2.42. The standard InChI is InChI=1S/C10H18N4/c11-14-7-3-6-13(8-9-14)10-4-1-2-5-12-10/h1-2,4-5,10,12H,3,6-9,11H2. The predicted molar refractivity (Wildman–Crippen MR) is 57.2 cm³/mol. The molecule has 78 valence electrons. The van der Waals surface area contributed by atoms with E-state index in [1.165, 1.54) is 0 Å². The molecule has 0 spiro atoms. The molecule has 2 aliphatic rings. The van der Waals surface area contributed by atoms with Crippen molar-refractivity contribution in [3.8, 4) is 0 Å². The summed E-state index contributed by atoms with van der Waals surface area (Å²) in [6.07, 6.45) is 9.79. The van der Waals surface area contributed by atoms with Gasteiger partial charge in [-0.1, -0.05) is 6.08 Å². The summed E-state index contributed by atoms with van der Waals surface area (Å²) in [6, 6.07) is 0. The second-order valence-electron chi connectivity index (χ2n) is 3.78. The van der Waals surface area contributed by atoms with E-state index in [4.69, 9.17) is 5.84 Å². The smallest absolute Gasteiger partial charge is 0.0985 e. The van der Waals surface area contributed by atoms with Crippen molar-refractivity contribution in [3.05, 3.63) is 24.4 Å². The van der Waals surface area contributed by atoms with Gasteiger partial charge in [-0.25, -0.2) is 5.01 Å². The number of dihydropyridines is 1. The number of nitrogens with zero attached hydrogens (tertiary/aromatic N) is 2. The zero-order valence-electron chi connectivity index (χ0n) is 8.39. The van der Waals surface area contributed by atoms with Crippen LogP contribution in [0.1, 0.15) is 6.42 Å². The van der Waals surface area contributed by atoms with Gasteiger partial charge in [0, 0.05) is 26.2 Å². The van der Waals surface area contributed by atoms with Crippen molar-refractivity contribution < 1.29 is 0 Å². The van der Waals surface area contributed by atoms with Gasteiger partial charge in [-0.05, 0) is 24.8 Å². The Kier molecular flexibility index (Phi) is 3.18. The third kappa shape index (κ3) is 2.35. The molecule has 0 aromatic rings. The van der Waals surface area contributed by atoms with Gasteiger partial charge in [0.1, 0.15) is 0 Å². The Balaban J connectivity index is 1.90. The van der Waals surface area contributed by atoms with Gasteiger partial charge in [0.05, 0.1) is 6.17 Å². The van der Waals surface area contributed by atoms with E-state index in [0.29, 0.717) is 6.17 Å². The highest BCUT2D eigenvalue weighted by Gasteiger charge is 2.18. The SMILES string of the molecule is NN1CCCN(C2C=CC=CN2)CC1. The average Bonchev–Trinajstić information content (AvgIpc) is 2.44. The molecule has 0 aliphatic carbocycles. The number of allylic oxidation sites excluding steroid dienone is 2. The number of hydrogen-bond acceptors (Lipinski definition) is 4. The second kappa shape index (κ2) is 4.59. The minimum atomic E-state index is 0.353. The Morgan fingerprint density at radius 3 is 2.86 bits per heavy atom. The van der Waals surface area contributed by atoms with Crippen LogP contribution in [0.5, 0.6) is 0 Å². The molecule has 14 heavy (non-hydrogen) atoms. The zero-order chi connectivity index (χ0) is 9.80. The summed E-state index contributed by atoms with van der Waals surface area (Å²) in [5, 5.41) is 5.24. The first-order valence-electron chi connectivity index (χ1n) is 5.19. The van der Waals surface area contributed by atoms with Crippen molar-refractivity contribution in [2.24, 2.45) is 5.84 Å². The van der Waals surface area contributed by atoms with Gasteiger partial charge in [0.15, 0.2) is 0 Å². The molecule has 4 nitrogen and oxygen atoms in total. The largest absolute Gasteiger partial charge is 0.372 e. The van der Waals surface area contributed by atoms with Crippen molar-refractivity contribution in [1.82, 2.24) is 15.2 Å². The quantitative estimate of drug-likeness (QED) is 0.571. The summed E-state index contributed by atoms with van der Waals surface area (Å²) in [5.74, 6) is 5.78. The van der Waals surface area contributed by atoms with E-state index in [2.05, 4.69) is 22.4 Å². The van der Waals surface area contributed by atoms with Crippen LogP contribution in [0, 0.1) is 0 Å². The minimum Gasteiger partial charge on any atom is -0.372 e. The highest BCUT2D eigenvalue weighted by Crippen LogP contribution is 2.06. The third-order valence-corrected chi connectivity index (χ3v) is 2.73. The van der Waals surface area contributed by atoms with Crippen LogP contribution in [0.3, 0.4) is 0 Å². The molecular weight excluding hydrogens is 176 g/mol. The Hall–Kier alpha value is -0.840. The lowest BCUT2D eigenvalue weighted by Crippen LogP contribution is -2.45. The molecule has 0 bridgehead atoms. The van der Waals surface area contributed by atoms with Crippen LogP contribution in [0.4, 0.5) is 0 Å². The maximum atomic E-state index is 5.78. The predicted octanol–water partition coefficient (Wildman–Crippen LogP) is -0.133. The monoisotopic (exact) mass is 194 g/mol. The van der Waals surface area contributed by atoms with E-state index in [0.717, 1.165) is 32.6 Å². The number of nitrogens with two attached hydrogens (primary N) is 1. The van der Waals surface area contributed by atoms with Crippen LogP contribution in [0.15, 0.2) is 24.4 Å². The van der Waals surface area contributed by atoms with Crippen molar-refractivity contribution in [2.75, 3.05) is 26.2 Å². The van der Waals surface area contributed by atoms with E-state index >= 15 is 0 Å². The molecule has 0 saturated carbocycles. The fraction of sp³-hybridized carbons (Fsp3) is 0.600. The summed E-state index contributed by atoms with van der Waals surface area (Å²) >= 11 is 0. The van der Waals surface area contributed by atoms with E-state index < -0.39 is 0 Å². The highest BCUT2D eigenvalue weighted by molar-refractivity contribution is 5.11. The first-order chi connectivity index (χ1) is 6.86. The summed E-state index contributed by atoms with van der Waals surface area (Å²) in [5.41, 5.74) is 0. The molecule has 0 aromatic carbocycles. The van der Waals surface area contributed by atoms with Crippen molar-refractivity contribution in [3.63, 3.8) is 0 Å². The van der Waals surface area contributed by atoms with Gasteiger partial charge in [0.25, 0.3) is 0 Å². The van der Waals surface area contributed by atoms with Crippen LogP contribution in [0.25, 0.3) is 0 Å². The average molecular weight is 194 g/mol. The first kappa shape index (κ1) is 9.71. The summed E-state index contributed by atoms with van der Waals surface area (Å²) < 4.78 is 0. The first-order valence-corrected chi connectivity index (χ1v) is 5.19. The number of rotatable bonds is 1. The maximum absolute atomic E-state index is 5.78. The summed E-state index contributed by atoms with van der Waals surface area (Å²) in [6.45, 7) is 4.11. The van der Waals surface area contributed by atoms with Crippen molar-refractivity contribution >= 4 is 0 Å². The molecule has 0 aromatic heterocycles. The second-order valence-corrected chi connectivity index (χ2v) is 3.78. The maximum Gasteiger partial charge on any atom is 0.0985 e. The van der Waals surface area contributed by atoms with Gasteiger partial charge in [-0.3, -0.25) is 10.7 Å². The molecule has 2 aliphatic heterocycles. The molecule has 1 fully saturated rings. The van der Waals surface area contributed by atoms with Crippen molar-refractivity contribution in [2.45, 2.75) is 12.6 Å². The molecule has 1 unspecified atom stereocenters. The molecular formula is C10H18N4. The van der Waals surface area contributed by atoms with Gasteiger partial charge >= 0.3 is 0 Å². The lowest BCUT2D eigenvalue weighted by Gasteiger charge is -2.29. The summed E-state index contributed by atoms with van der Waals surface area (Å²) in [7, 11) is 0. The van der Waals surface area contributed by atoms with E-state index in [1.807, 2.05) is 17.3 Å². The molecule has 0 amide bonds. The Labute approximate surface area is 85.0 Å². The van der Waals surface area contributed by atoms with Gasteiger partial charge in [-0.15, -0.1) is 0 Å². The topological polar surface area (TPSA) is 44.5 Å². The minimum absolute atomic E-state index is 0.353. The van der Waals surface area contributed by atoms with Crippen LogP contribution in [0.2, 0.25) is 0 Å². The molecule has 1 atom stereocenters. The van der Waals surface area contributed by atoms with Gasteiger partial charge in [0.2, 0.25) is 0 Å². The fourth-order valence-electron chi connectivity index (χ4n) is 1.90. The molecule has 2 rings (SSSR count). The van der Waals surface area contributed by atoms with Gasteiger partial charge < -0.3 is 5.32 Å². The number of hydrogen-bond donors (Lipinski definition) is 2. The molecule has 2 heterocycles. The van der Waals surface area contributed by atoms with Crippen LogP contribution in [-0.4, -0.2) is 42.3 Å². The lowest BCUT2D eigenvalue weighted by molar-refractivity contribution is 0.212. The van der Waals surface area contributed by atoms with E-state index in [1.54, 1.807) is 0 Å².